The molecule has 0 atom stereocenters. The van der Waals surface area contributed by atoms with Crippen LogP contribution in [0, 0.1) is 0 Å². The number of halogens is 2. The van der Waals surface area contributed by atoms with Crippen LogP contribution >= 0.6 is 31.9 Å². The van der Waals surface area contributed by atoms with Crippen LogP contribution in [0.1, 0.15) is 10.4 Å². The van der Waals surface area contributed by atoms with Crippen molar-refractivity contribution < 1.29 is 4.79 Å². The highest BCUT2D eigenvalue weighted by atomic mass is 79.9. The van der Waals surface area contributed by atoms with Crippen molar-refractivity contribution in [3.63, 3.8) is 0 Å². The number of pyridine rings is 1. The first-order valence-corrected chi connectivity index (χ1v) is 6.99. The van der Waals surface area contributed by atoms with Gasteiger partial charge in [-0.1, -0.05) is 15.9 Å². The molecular formula is C13H10Br2N2O2. The van der Waals surface area contributed by atoms with Crippen molar-refractivity contribution in [2.75, 3.05) is 5.32 Å². The third-order valence-electron chi connectivity index (χ3n) is 2.54. The highest BCUT2D eigenvalue weighted by molar-refractivity contribution is 9.11. The second-order valence-electron chi connectivity index (χ2n) is 3.94. The van der Waals surface area contributed by atoms with Gasteiger partial charge in [-0.05, 0) is 40.2 Å². The summed E-state index contributed by atoms with van der Waals surface area (Å²) < 4.78 is 3.04. The summed E-state index contributed by atoms with van der Waals surface area (Å²) >= 11 is 6.69. The molecule has 0 unspecified atom stereocenters. The van der Waals surface area contributed by atoms with Crippen LogP contribution in [0.25, 0.3) is 0 Å². The van der Waals surface area contributed by atoms with Gasteiger partial charge >= 0.3 is 0 Å². The highest BCUT2D eigenvalue weighted by Gasteiger charge is 2.09. The number of carbonyl (C=O) groups excluding carboxylic acids is 1. The second-order valence-corrected chi connectivity index (χ2v) is 5.71. The third-order valence-corrected chi connectivity index (χ3v) is 3.73. The predicted molar refractivity (Wildman–Crippen MR) is 81.5 cm³/mol. The lowest BCUT2D eigenvalue weighted by molar-refractivity contribution is 0.102. The molecule has 0 aliphatic carbocycles. The molecule has 1 aromatic heterocycles. The van der Waals surface area contributed by atoms with E-state index in [9.17, 15) is 9.59 Å². The summed E-state index contributed by atoms with van der Waals surface area (Å²) in [6, 6.07) is 8.37. The van der Waals surface area contributed by atoms with Crippen LogP contribution in [0.15, 0.2) is 50.3 Å². The van der Waals surface area contributed by atoms with Gasteiger partial charge < -0.3 is 9.88 Å². The smallest absolute Gasteiger partial charge is 0.255 e. The number of hydrogen-bond acceptors (Lipinski definition) is 2. The molecule has 0 saturated heterocycles. The number of benzene rings is 1. The molecule has 1 aromatic carbocycles. The molecule has 19 heavy (non-hydrogen) atoms. The van der Waals surface area contributed by atoms with E-state index in [1.807, 2.05) is 12.1 Å². The summed E-state index contributed by atoms with van der Waals surface area (Å²) in [7, 11) is 1.63. The van der Waals surface area contributed by atoms with E-state index in [1.54, 1.807) is 25.4 Å². The standard InChI is InChI=1S/C13H10Br2N2O2/c1-17-5-4-8(6-12(17)18)13(19)16-11-7-9(14)2-3-10(11)15/h2-7H,1H3,(H,16,19). The fourth-order valence-corrected chi connectivity index (χ4v) is 2.18. The van der Waals surface area contributed by atoms with E-state index in [4.69, 9.17) is 0 Å². The van der Waals surface area contributed by atoms with Crippen molar-refractivity contribution in [1.29, 1.82) is 0 Å². The lowest BCUT2D eigenvalue weighted by atomic mass is 10.2. The molecule has 0 aliphatic rings. The Labute approximate surface area is 126 Å². The maximum absolute atomic E-state index is 12.0. The number of nitrogens with one attached hydrogen (secondary N) is 1. The Kier molecular flexibility index (Phi) is 4.21. The number of aromatic nitrogens is 1. The molecule has 2 aromatic rings. The topological polar surface area (TPSA) is 51.1 Å². The van der Waals surface area contributed by atoms with E-state index in [0.717, 1.165) is 8.95 Å². The summed E-state index contributed by atoms with van der Waals surface area (Å²) in [6.07, 6.45) is 1.56. The Bertz CT molecular complexity index is 695. The van der Waals surface area contributed by atoms with Gasteiger partial charge in [0.2, 0.25) is 0 Å². The highest BCUT2D eigenvalue weighted by Crippen LogP contribution is 2.26. The molecule has 1 heterocycles. The number of rotatable bonds is 2. The van der Waals surface area contributed by atoms with Crippen molar-refractivity contribution >= 4 is 43.5 Å². The molecule has 1 N–H and O–H groups in total. The van der Waals surface area contributed by atoms with Crippen LogP contribution in [0.5, 0.6) is 0 Å². The Hall–Kier alpha value is -1.40. The van der Waals surface area contributed by atoms with Crippen LogP contribution in [-0.2, 0) is 7.05 Å². The van der Waals surface area contributed by atoms with E-state index in [-0.39, 0.29) is 11.5 Å². The Morgan fingerprint density at radius 2 is 1.95 bits per heavy atom. The molecule has 6 heteroatoms. The van der Waals surface area contributed by atoms with E-state index in [0.29, 0.717) is 11.3 Å². The Morgan fingerprint density at radius 1 is 1.21 bits per heavy atom. The van der Waals surface area contributed by atoms with Gasteiger partial charge in [0, 0.05) is 33.8 Å². The van der Waals surface area contributed by atoms with Crippen LogP contribution in [0.2, 0.25) is 0 Å². The van der Waals surface area contributed by atoms with E-state index >= 15 is 0 Å². The summed E-state index contributed by atoms with van der Waals surface area (Å²) in [4.78, 5) is 23.5. The average Bonchev–Trinajstić information content (AvgIpc) is 2.37. The van der Waals surface area contributed by atoms with E-state index in [2.05, 4.69) is 37.2 Å². The zero-order valence-electron chi connectivity index (χ0n) is 9.98. The molecule has 1 amide bonds. The Morgan fingerprint density at radius 3 is 2.63 bits per heavy atom. The molecule has 98 valence electrons. The van der Waals surface area contributed by atoms with Gasteiger partial charge in [-0.3, -0.25) is 9.59 Å². The summed E-state index contributed by atoms with van der Waals surface area (Å²) in [5, 5.41) is 2.75. The minimum atomic E-state index is -0.323. The lowest BCUT2D eigenvalue weighted by Crippen LogP contribution is -2.20. The fraction of sp³-hybridized carbons (Fsp3) is 0.0769. The minimum absolute atomic E-state index is 0.221. The van der Waals surface area contributed by atoms with E-state index in [1.165, 1.54) is 10.6 Å². The largest absolute Gasteiger partial charge is 0.321 e. The number of aryl methyl sites for hydroxylation is 1. The molecule has 0 spiro atoms. The first-order chi connectivity index (χ1) is 8.97. The molecule has 4 nitrogen and oxygen atoms in total. The molecule has 0 fully saturated rings. The van der Waals surface area contributed by atoms with Gasteiger partial charge in [-0.25, -0.2) is 0 Å². The average molecular weight is 386 g/mol. The van der Waals surface area contributed by atoms with Crippen LogP contribution in [-0.4, -0.2) is 10.5 Å². The molecular weight excluding hydrogens is 376 g/mol. The van der Waals surface area contributed by atoms with Gasteiger partial charge in [-0.15, -0.1) is 0 Å². The normalized spacial score (nSPS) is 10.3. The van der Waals surface area contributed by atoms with Crippen molar-refractivity contribution in [3.05, 3.63) is 61.4 Å². The van der Waals surface area contributed by atoms with Gasteiger partial charge in [0.1, 0.15) is 0 Å². The maximum atomic E-state index is 12.0. The predicted octanol–water partition coefficient (Wildman–Crippen LogP) is 3.16. The van der Waals surface area contributed by atoms with Crippen molar-refractivity contribution in [3.8, 4) is 0 Å². The number of amides is 1. The van der Waals surface area contributed by atoms with Gasteiger partial charge in [0.25, 0.3) is 11.5 Å². The monoisotopic (exact) mass is 384 g/mol. The second kappa shape index (κ2) is 5.71. The fourth-order valence-electron chi connectivity index (χ4n) is 1.48. The van der Waals surface area contributed by atoms with Crippen LogP contribution < -0.4 is 10.9 Å². The van der Waals surface area contributed by atoms with Crippen molar-refractivity contribution in [2.45, 2.75) is 0 Å². The number of carbonyl (C=O) groups is 1. The quantitative estimate of drug-likeness (QED) is 0.863. The molecule has 0 aliphatic heterocycles. The summed E-state index contributed by atoms with van der Waals surface area (Å²) in [5.41, 5.74) is 0.746. The maximum Gasteiger partial charge on any atom is 0.255 e. The van der Waals surface area contributed by atoms with Crippen LogP contribution in [0.4, 0.5) is 5.69 Å². The van der Waals surface area contributed by atoms with Gasteiger partial charge in [-0.2, -0.15) is 0 Å². The first kappa shape index (κ1) is 14.0. The van der Waals surface area contributed by atoms with Crippen LogP contribution in [0.3, 0.4) is 0 Å². The Balaban J connectivity index is 2.28. The zero-order chi connectivity index (χ0) is 14.0. The molecule has 0 radical (unpaired) electrons. The molecule has 2 rings (SSSR count). The third kappa shape index (κ3) is 3.33. The number of nitrogens with zero attached hydrogens (tertiary/aromatic N) is 1. The van der Waals surface area contributed by atoms with Crippen molar-refractivity contribution in [2.24, 2.45) is 7.05 Å². The molecule has 0 saturated carbocycles. The summed E-state index contributed by atoms with van der Waals surface area (Å²) in [5.74, 6) is -0.323. The summed E-state index contributed by atoms with van der Waals surface area (Å²) in [6.45, 7) is 0. The van der Waals surface area contributed by atoms with E-state index < -0.39 is 0 Å². The number of anilines is 1. The first-order valence-electron chi connectivity index (χ1n) is 5.40. The SMILES string of the molecule is Cn1ccc(C(=O)Nc2cc(Br)ccc2Br)cc1=O. The lowest BCUT2D eigenvalue weighted by Gasteiger charge is -2.08. The van der Waals surface area contributed by atoms with Crippen molar-refractivity contribution in [1.82, 2.24) is 4.57 Å². The minimum Gasteiger partial charge on any atom is -0.321 e. The zero-order valence-corrected chi connectivity index (χ0v) is 13.2. The number of hydrogen-bond donors (Lipinski definition) is 1. The van der Waals surface area contributed by atoms with Gasteiger partial charge in [0.05, 0.1) is 5.69 Å². The molecule has 0 bridgehead atoms. The van der Waals surface area contributed by atoms with Gasteiger partial charge in [0.15, 0.2) is 0 Å².